The molecule has 0 unspecified atom stereocenters. The minimum atomic E-state index is 0. The van der Waals surface area contributed by atoms with E-state index in [9.17, 15) is 0 Å². The van der Waals surface area contributed by atoms with E-state index in [1.165, 1.54) is 5.56 Å². The van der Waals surface area contributed by atoms with Crippen LogP contribution in [0.25, 0.3) is 0 Å². The molecule has 3 heteroatoms. The maximum atomic E-state index is 9.05. The second kappa shape index (κ2) is 6.51. The molecule has 1 heterocycles. The smallest absolute Gasteiger partial charge is 0.0661 e. The molecule has 2 rings (SSSR count). The summed E-state index contributed by atoms with van der Waals surface area (Å²) in [7, 11) is 0. The highest BCUT2D eigenvalue weighted by Crippen LogP contribution is 2.11. The van der Waals surface area contributed by atoms with Crippen molar-refractivity contribution in [2.45, 2.75) is 6.54 Å². The van der Waals surface area contributed by atoms with Crippen LogP contribution < -0.4 is 0 Å². The molecule has 0 fully saturated rings. The Bertz CT molecular complexity index is 373. The first-order valence-electron chi connectivity index (χ1n) is 5.13. The van der Waals surface area contributed by atoms with Crippen LogP contribution in [0.4, 0.5) is 0 Å². The molecule has 1 aliphatic heterocycles. The summed E-state index contributed by atoms with van der Waals surface area (Å²) in [4.78, 5) is 2.20. The molecule has 0 aromatic heterocycles. The molecule has 0 saturated heterocycles. The van der Waals surface area contributed by atoms with Crippen LogP contribution in [0.5, 0.6) is 0 Å². The van der Waals surface area contributed by atoms with Gasteiger partial charge in [-0.25, -0.2) is 0 Å². The van der Waals surface area contributed by atoms with Gasteiger partial charge in [-0.05, 0) is 23.4 Å². The highest BCUT2D eigenvalue weighted by atomic mass is 79.9. The fourth-order valence-corrected chi connectivity index (χ4v) is 1.70. The van der Waals surface area contributed by atoms with Gasteiger partial charge in [-0.2, -0.15) is 0 Å². The SMILES string of the molecule is Br.OCC1=CC=CN(Cc2ccccc2)C1. The molecule has 0 saturated carbocycles. The first-order valence-corrected chi connectivity index (χ1v) is 5.13. The molecule has 1 aromatic carbocycles. The predicted molar refractivity (Wildman–Crippen MR) is 71.5 cm³/mol. The number of aliphatic hydroxyl groups is 1. The van der Waals surface area contributed by atoms with Gasteiger partial charge in [0.25, 0.3) is 0 Å². The van der Waals surface area contributed by atoms with E-state index in [1.807, 2.05) is 30.4 Å². The van der Waals surface area contributed by atoms with Gasteiger partial charge in [-0.3, -0.25) is 0 Å². The Morgan fingerprint density at radius 3 is 2.62 bits per heavy atom. The van der Waals surface area contributed by atoms with E-state index in [4.69, 9.17) is 5.11 Å². The Hall–Kier alpha value is -1.06. The van der Waals surface area contributed by atoms with Crippen LogP contribution in [-0.2, 0) is 6.54 Å². The minimum Gasteiger partial charge on any atom is -0.392 e. The molecule has 0 radical (unpaired) electrons. The minimum absolute atomic E-state index is 0. The Morgan fingerprint density at radius 1 is 1.19 bits per heavy atom. The standard InChI is InChI=1S/C13H15NO.BrH/c15-11-13-7-4-8-14(10-13)9-12-5-2-1-3-6-12;/h1-8,15H,9-11H2;1H. The van der Waals surface area contributed by atoms with Gasteiger partial charge in [-0.15, -0.1) is 17.0 Å². The van der Waals surface area contributed by atoms with Crippen molar-refractivity contribution in [3.05, 3.63) is 59.8 Å². The van der Waals surface area contributed by atoms with Gasteiger partial charge >= 0.3 is 0 Å². The summed E-state index contributed by atoms with van der Waals surface area (Å²) in [5.41, 5.74) is 2.36. The lowest BCUT2D eigenvalue weighted by atomic mass is 10.1. The van der Waals surface area contributed by atoms with Crippen LogP contribution in [0.3, 0.4) is 0 Å². The number of hydrogen-bond donors (Lipinski definition) is 1. The van der Waals surface area contributed by atoms with Crippen molar-refractivity contribution in [2.75, 3.05) is 13.2 Å². The fourth-order valence-electron chi connectivity index (χ4n) is 1.70. The zero-order valence-electron chi connectivity index (χ0n) is 9.04. The number of aliphatic hydroxyl groups excluding tert-OH is 1. The number of rotatable bonds is 3. The Balaban J connectivity index is 0.00000128. The molecule has 0 bridgehead atoms. The molecule has 16 heavy (non-hydrogen) atoms. The molecule has 0 amide bonds. The first-order chi connectivity index (χ1) is 7.38. The molecular weight excluding hydrogens is 266 g/mol. The van der Waals surface area contributed by atoms with Crippen LogP contribution in [0.15, 0.2) is 54.3 Å². The third-order valence-corrected chi connectivity index (χ3v) is 2.47. The van der Waals surface area contributed by atoms with Gasteiger partial charge in [0, 0.05) is 13.1 Å². The van der Waals surface area contributed by atoms with Gasteiger partial charge in [0.15, 0.2) is 0 Å². The molecule has 1 aromatic rings. The summed E-state index contributed by atoms with van der Waals surface area (Å²) in [5, 5.41) is 9.05. The van der Waals surface area contributed by atoms with E-state index in [0.717, 1.165) is 18.7 Å². The maximum absolute atomic E-state index is 9.05. The lowest BCUT2D eigenvalue weighted by Crippen LogP contribution is -2.22. The summed E-state index contributed by atoms with van der Waals surface area (Å²) in [6.45, 7) is 1.87. The molecule has 86 valence electrons. The molecule has 2 nitrogen and oxygen atoms in total. The van der Waals surface area contributed by atoms with E-state index < -0.39 is 0 Å². The molecule has 0 aliphatic carbocycles. The van der Waals surface area contributed by atoms with Gasteiger partial charge < -0.3 is 10.0 Å². The van der Waals surface area contributed by atoms with Crippen LogP contribution in [0.2, 0.25) is 0 Å². The van der Waals surface area contributed by atoms with Gasteiger partial charge in [0.1, 0.15) is 0 Å². The third-order valence-electron chi connectivity index (χ3n) is 2.47. The number of halogens is 1. The largest absolute Gasteiger partial charge is 0.392 e. The quantitative estimate of drug-likeness (QED) is 0.920. The number of allylic oxidation sites excluding steroid dienone is 2. The number of nitrogens with zero attached hydrogens (tertiary/aromatic N) is 1. The summed E-state index contributed by atoms with van der Waals surface area (Å²) in [6.07, 6.45) is 6.02. The summed E-state index contributed by atoms with van der Waals surface area (Å²) < 4.78 is 0. The average molecular weight is 282 g/mol. The van der Waals surface area contributed by atoms with Crippen molar-refractivity contribution >= 4 is 17.0 Å². The lowest BCUT2D eigenvalue weighted by molar-refractivity contribution is 0.304. The van der Waals surface area contributed by atoms with E-state index in [1.54, 1.807) is 0 Å². The summed E-state index contributed by atoms with van der Waals surface area (Å²) in [6, 6.07) is 10.3. The first kappa shape index (κ1) is 13.0. The summed E-state index contributed by atoms with van der Waals surface area (Å²) in [5.74, 6) is 0. The monoisotopic (exact) mass is 281 g/mol. The van der Waals surface area contributed by atoms with E-state index in [2.05, 4.69) is 23.2 Å². The van der Waals surface area contributed by atoms with Crippen molar-refractivity contribution in [1.82, 2.24) is 4.90 Å². The molecule has 1 N–H and O–H groups in total. The molecule has 0 spiro atoms. The van der Waals surface area contributed by atoms with Crippen molar-refractivity contribution in [1.29, 1.82) is 0 Å². The molecule has 1 aliphatic rings. The van der Waals surface area contributed by atoms with Crippen molar-refractivity contribution < 1.29 is 5.11 Å². The van der Waals surface area contributed by atoms with Crippen molar-refractivity contribution in [3.8, 4) is 0 Å². The molecular formula is C13H16BrNO. The third kappa shape index (κ3) is 3.51. The Morgan fingerprint density at radius 2 is 1.94 bits per heavy atom. The van der Waals surface area contributed by atoms with E-state index in [-0.39, 0.29) is 23.6 Å². The van der Waals surface area contributed by atoms with Gasteiger partial charge in [0.2, 0.25) is 0 Å². The van der Waals surface area contributed by atoms with Crippen LogP contribution >= 0.6 is 17.0 Å². The van der Waals surface area contributed by atoms with E-state index >= 15 is 0 Å². The second-order valence-electron chi connectivity index (χ2n) is 3.72. The Labute approximate surface area is 107 Å². The lowest BCUT2D eigenvalue weighted by Gasteiger charge is -2.23. The zero-order valence-corrected chi connectivity index (χ0v) is 10.8. The van der Waals surface area contributed by atoms with Crippen molar-refractivity contribution in [2.24, 2.45) is 0 Å². The predicted octanol–water partition coefficient (Wildman–Crippen LogP) is 2.51. The normalized spacial score (nSPS) is 14.3. The fraction of sp³-hybridized carbons (Fsp3) is 0.231. The highest BCUT2D eigenvalue weighted by Gasteiger charge is 2.06. The second-order valence-corrected chi connectivity index (χ2v) is 3.72. The van der Waals surface area contributed by atoms with Gasteiger partial charge in [0.05, 0.1) is 6.61 Å². The van der Waals surface area contributed by atoms with Crippen LogP contribution in [0.1, 0.15) is 5.56 Å². The number of hydrogen-bond acceptors (Lipinski definition) is 2. The van der Waals surface area contributed by atoms with Gasteiger partial charge in [-0.1, -0.05) is 36.4 Å². The average Bonchev–Trinajstić information content (AvgIpc) is 2.31. The van der Waals surface area contributed by atoms with Crippen LogP contribution in [0, 0.1) is 0 Å². The van der Waals surface area contributed by atoms with Crippen LogP contribution in [-0.4, -0.2) is 23.2 Å². The van der Waals surface area contributed by atoms with E-state index in [0.29, 0.717) is 0 Å². The zero-order chi connectivity index (χ0) is 10.5. The van der Waals surface area contributed by atoms with Crippen molar-refractivity contribution in [3.63, 3.8) is 0 Å². The number of benzene rings is 1. The molecule has 0 atom stereocenters. The summed E-state index contributed by atoms with van der Waals surface area (Å²) >= 11 is 0. The Kier molecular flexibility index (Phi) is 5.29. The topological polar surface area (TPSA) is 23.5 Å². The highest BCUT2D eigenvalue weighted by molar-refractivity contribution is 8.93. The maximum Gasteiger partial charge on any atom is 0.0661 e.